The van der Waals surface area contributed by atoms with Gasteiger partial charge in [0.1, 0.15) is 0 Å². The van der Waals surface area contributed by atoms with Crippen molar-refractivity contribution in [1.82, 2.24) is 0 Å². The quantitative estimate of drug-likeness (QED) is 0.666. The minimum Gasteiger partial charge on any atom is -0.376 e. The van der Waals surface area contributed by atoms with Gasteiger partial charge in [-0.1, -0.05) is 36.4 Å². The van der Waals surface area contributed by atoms with Crippen molar-refractivity contribution >= 4 is 6.08 Å². The Bertz CT molecular complexity index is 390. The summed E-state index contributed by atoms with van der Waals surface area (Å²) in [5, 5.41) is 0. The van der Waals surface area contributed by atoms with Crippen LogP contribution >= 0.6 is 0 Å². The monoisotopic (exact) mass is 200 g/mol. The van der Waals surface area contributed by atoms with Crippen LogP contribution < -0.4 is 0 Å². The van der Waals surface area contributed by atoms with Gasteiger partial charge in [-0.3, -0.25) is 0 Å². The normalized spacial score (nSPS) is 23.3. The molecule has 0 spiro atoms. The molecule has 1 heteroatoms. The molecule has 1 aromatic rings. The van der Waals surface area contributed by atoms with E-state index in [0.29, 0.717) is 5.92 Å². The van der Waals surface area contributed by atoms with Crippen molar-refractivity contribution in [2.75, 3.05) is 13.2 Å². The number of hydrogen-bond acceptors (Lipinski definition) is 1. The van der Waals surface area contributed by atoms with Gasteiger partial charge in [-0.2, -0.15) is 0 Å². The van der Waals surface area contributed by atoms with E-state index in [1.165, 1.54) is 16.7 Å². The minimum absolute atomic E-state index is 0.393. The fourth-order valence-corrected chi connectivity index (χ4v) is 1.83. The third-order valence-electron chi connectivity index (χ3n) is 2.86. The molecule has 78 valence electrons. The van der Waals surface area contributed by atoms with E-state index in [-0.39, 0.29) is 0 Å². The van der Waals surface area contributed by atoms with E-state index in [2.05, 4.69) is 43.8 Å². The van der Waals surface area contributed by atoms with Crippen molar-refractivity contribution in [3.8, 4) is 0 Å². The molecule has 0 aromatic heterocycles. The van der Waals surface area contributed by atoms with Crippen LogP contribution in [0.15, 0.2) is 42.5 Å². The Morgan fingerprint density at radius 2 is 2.20 bits per heavy atom. The zero-order valence-electron chi connectivity index (χ0n) is 9.07. The van der Waals surface area contributed by atoms with Gasteiger partial charge in [-0.05, 0) is 23.6 Å². The Labute approximate surface area is 91.1 Å². The first-order chi connectivity index (χ1) is 7.31. The second kappa shape index (κ2) is 4.45. The summed E-state index contributed by atoms with van der Waals surface area (Å²) in [4.78, 5) is 0. The SMILES string of the molecule is C=CC1COC/C1=C/c1ccccc1C. The van der Waals surface area contributed by atoms with E-state index < -0.39 is 0 Å². The molecule has 1 heterocycles. The maximum atomic E-state index is 5.43. The Morgan fingerprint density at radius 3 is 2.93 bits per heavy atom. The molecule has 0 N–H and O–H groups in total. The zero-order valence-corrected chi connectivity index (χ0v) is 9.07. The number of rotatable bonds is 2. The number of benzene rings is 1. The maximum Gasteiger partial charge on any atom is 0.0687 e. The molecule has 0 radical (unpaired) electrons. The molecule has 0 bridgehead atoms. The number of ether oxygens (including phenoxy) is 1. The van der Waals surface area contributed by atoms with E-state index in [4.69, 9.17) is 4.74 Å². The van der Waals surface area contributed by atoms with Crippen LogP contribution in [0.1, 0.15) is 11.1 Å². The zero-order chi connectivity index (χ0) is 10.7. The molecule has 0 saturated carbocycles. The predicted molar refractivity (Wildman–Crippen MR) is 63.7 cm³/mol. The molecule has 1 aliphatic rings. The standard InChI is InChI=1S/C14H16O/c1-3-12-9-15-10-14(12)8-13-7-5-4-6-11(13)2/h3-8,12H,1,9-10H2,2H3/b14-8-. The number of aryl methyl sites for hydroxylation is 1. The van der Waals surface area contributed by atoms with E-state index in [1.54, 1.807) is 0 Å². The summed E-state index contributed by atoms with van der Waals surface area (Å²) in [7, 11) is 0. The van der Waals surface area contributed by atoms with Crippen LogP contribution in [-0.2, 0) is 4.74 Å². The van der Waals surface area contributed by atoms with Crippen LogP contribution in [0.3, 0.4) is 0 Å². The van der Waals surface area contributed by atoms with E-state index >= 15 is 0 Å². The number of hydrogen-bond donors (Lipinski definition) is 0. The van der Waals surface area contributed by atoms with Crippen molar-refractivity contribution in [1.29, 1.82) is 0 Å². The van der Waals surface area contributed by atoms with Crippen LogP contribution in [0.5, 0.6) is 0 Å². The summed E-state index contributed by atoms with van der Waals surface area (Å²) in [5.74, 6) is 0.393. The topological polar surface area (TPSA) is 9.23 Å². The summed E-state index contributed by atoms with van der Waals surface area (Å²) < 4.78 is 5.43. The van der Waals surface area contributed by atoms with Crippen LogP contribution in [0.4, 0.5) is 0 Å². The fraction of sp³-hybridized carbons (Fsp3) is 0.286. The highest BCUT2D eigenvalue weighted by Crippen LogP contribution is 2.24. The summed E-state index contributed by atoms with van der Waals surface area (Å²) in [6.07, 6.45) is 4.20. The first kappa shape index (κ1) is 10.2. The van der Waals surface area contributed by atoms with Crippen LogP contribution in [0.2, 0.25) is 0 Å². The molecule has 0 amide bonds. The molecule has 1 fully saturated rings. The molecule has 1 nitrogen and oxygen atoms in total. The summed E-state index contributed by atoms with van der Waals surface area (Å²) >= 11 is 0. The first-order valence-electron chi connectivity index (χ1n) is 5.27. The predicted octanol–water partition coefficient (Wildman–Crippen LogP) is 3.21. The molecular weight excluding hydrogens is 184 g/mol. The Balaban J connectivity index is 2.30. The Morgan fingerprint density at radius 1 is 1.40 bits per heavy atom. The lowest BCUT2D eigenvalue weighted by Crippen LogP contribution is -1.96. The molecular formula is C14H16O. The smallest absolute Gasteiger partial charge is 0.0687 e. The molecule has 1 saturated heterocycles. The fourth-order valence-electron chi connectivity index (χ4n) is 1.83. The van der Waals surface area contributed by atoms with Crippen molar-refractivity contribution in [3.63, 3.8) is 0 Å². The Kier molecular flexibility index (Phi) is 3.02. The van der Waals surface area contributed by atoms with E-state index in [0.717, 1.165) is 13.2 Å². The van der Waals surface area contributed by atoms with Gasteiger partial charge in [0.2, 0.25) is 0 Å². The van der Waals surface area contributed by atoms with Gasteiger partial charge in [0.05, 0.1) is 13.2 Å². The lowest BCUT2D eigenvalue weighted by molar-refractivity contribution is 0.195. The molecule has 1 atom stereocenters. The van der Waals surface area contributed by atoms with Gasteiger partial charge in [-0.25, -0.2) is 0 Å². The van der Waals surface area contributed by atoms with Crippen LogP contribution in [0.25, 0.3) is 6.08 Å². The minimum atomic E-state index is 0.393. The van der Waals surface area contributed by atoms with Crippen molar-refractivity contribution in [2.45, 2.75) is 6.92 Å². The molecule has 1 aromatic carbocycles. The molecule has 0 aliphatic carbocycles. The Hall–Kier alpha value is -1.34. The van der Waals surface area contributed by atoms with Gasteiger partial charge >= 0.3 is 0 Å². The molecule has 2 rings (SSSR count). The second-order valence-electron chi connectivity index (χ2n) is 3.93. The second-order valence-corrected chi connectivity index (χ2v) is 3.93. The van der Waals surface area contributed by atoms with Gasteiger partial charge < -0.3 is 4.74 Å². The average Bonchev–Trinajstić information content (AvgIpc) is 2.69. The molecule has 1 aliphatic heterocycles. The summed E-state index contributed by atoms with van der Waals surface area (Å²) in [5.41, 5.74) is 3.92. The molecule has 1 unspecified atom stereocenters. The van der Waals surface area contributed by atoms with E-state index in [9.17, 15) is 0 Å². The average molecular weight is 200 g/mol. The van der Waals surface area contributed by atoms with Crippen LogP contribution in [-0.4, -0.2) is 13.2 Å². The third-order valence-corrected chi connectivity index (χ3v) is 2.86. The van der Waals surface area contributed by atoms with Gasteiger partial charge in [0.15, 0.2) is 0 Å². The summed E-state index contributed by atoms with van der Waals surface area (Å²) in [6, 6.07) is 8.40. The first-order valence-corrected chi connectivity index (χ1v) is 5.27. The maximum absolute atomic E-state index is 5.43. The highest BCUT2D eigenvalue weighted by Gasteiger charge is 2.18. The third kappa shape index (κ3) is 2.18. The van der Waals surface area contributed by atoms with Crippen molar-refractivity contribution < 1.29 is 4.74 Å². The largest absolute Gasteiger partial charge is 0.376 e. The van der Waals surface area contributed by atoms with Crippen molar-refractivity contribution in [2.24, 2.45) is 5.92 Å². The van der Waals surface area contributed by atoms with Gasteiger partial charge in [-0.15, -0.1) is 6.58 Å². The van der Waals surface area contributed by atoms with Crippen molar-refractivity contribution in [3.05, 3.63) is 53.6 Å². The lowest BCUT2D eigenvalue weighted by Gasteiger charge is -2.05. The highest BCUT2D eigenvalue weighted by atomic mass is 16.5. The lowest BCUT2D eigenvalue weighted by atomic mass is 9.98. The van der Waals surface area contributed by atoms with Gasteiger partial charge in [0.25, 0.3) is 0 Å². The molecule has 15 heavy (non-hydrogen) atoms. The van der Waals surface area contributed by atoms with Crippen LogP contribution in [0, 0.1) is 12.8 Å². The summed E-state index contributed by atoms with van der Waals surface area (Å²) in [6.45, 7) is 7.49. The highest BCUT2D eigenvalue weighted by molar-refractivity contribution is 5.57. The van der Waals surface area contributed by atoms with E-state index in [1.807, 2.05) is 6.08 Å². The van der Waals surface area contributed by atoms with Gasteiger partial charge in [0, 0.05) is 5.92 Å².